The van der Waals surface area contributed by atoms with Crippen LogP contribution in [0.4, 0.5) is 5.69 Å². The molecule has 1 saturated carbocycles. The molecule has 1 aliphatic rings. The Hall–Kier alpha value is -1.01. The van der Waals surface area contributed by atoms with Crippen LogP contribution in [0.1, 0.15) is 38.2 Å². The van der Waals surface area contributed by atoms with Gasteiger partial charge in [0.05, 0.1) is 11.6 Å². The van der Waals surface area contributed by atoms with Crippen molar-refractivity contribution in [3.05, 3.63) is 28.2 Å². The summed E-state index contributed by atoms with van der Waals surface area (Å²) in [5.74, 6) is 0.935. The third kappa shape index (κ3) is 3.47. The molecule has 0 bridgehead atoms. The highest BCUT2D eigenvalue weighted by Crippen LogP contribution is 2.35. The first kappa shape index (κ1) is 12.4. The zero-order valence-corrected chi connectivity index (χ0v) is 11.6. The van der Waals surface area contributed by atoms with E-state index in [9.17, 15) is 0 Å². The molecule has 0 aliphatic heterocycles. The summed E-state index contributed by atoms with van der Waals surface area (Å²) < 4.78 is 0.978. The van der Waals surface area contributed by atoms with Gasteiger partial charge in [-0.05, 0) is 52.9 Å². The van der Waals surface area contributed by atoms with Crippen molar-refractivity contribution in [2.24, 2.45) is 5.92 Å². The second kappa shape index (κ2) is 5.55. The summed E-state index contributed by atoms with van der Waals surface area (Å²) in [5.41, 5.74) is 1.79. The minimum absolute atomic E-state index is 0.548. The Morgan fingerprint density at radius 2 is 2.29 bits per heavy atom. The summed E-state index contributed by atoms with van der Waals surface area (Å²) in [6, 6.07) is 8.40. The molecule has 1 N–H and O–H groups in total. The van der Waals surface area contributed by atoms with Gasteiger partial charge in [0.2, 0.25) is 0 Å². The number of halogens is 1. The highest BCUT2D eigenvalue weighted by atomic mass is 79.9. The average molecular weight is 293 g/mol. The fourth-order valence-electron chi connectivity index (χ4n) is 2.01. The fourth-order valence-corrected chi connectivity index (χ4v) is 2.50. The Kier molecular flexibility index (Phi) is 4.06. The van der Waals surface area contributed by atoms with Crippen molar-refractivity contribution in [2.75, 3.05) is 5.32 Å². The summed E-state index contributed by atoms with van der Waals surface area (Å²) in [7, 11) is 0. The molecule has 1 aromatic rings. The number of rotatable bonds is 5. The molecule has 0 radical (unpaired) electrons. The molecule has 1 atom stereocenters. The number of nitriles is 1. The number of benzene rings is 1. The van der Waals surface area contributed by atoms with Crippen LogP contribution < -0.4 is 5.32 Å². The number of hydrogen-bond acceptors (Lipinski definition) is 2. The van der Waals surface area contributed by atoms with Gasteiger partial charge in [0.15, 0.2) is 0 Å². The van der Waals surface area contributed by atoms with E-state index in [0.29, 0.717) is 11.6 Å². The first-order chi connectivity index (χ1) is 8.22. The van der Waals surface area contributed by atoms with Crippen molar-refractivity contribution in [1.82, 2.24) is 0 Å². The Morgan fingerprint density at radius 1 is 1.53 bits per heavy atom. The van der Waals surface area contributed by atoms with E-state index in [2.05, 4.69) is 34.2 Å². The Balaban J connectivity index is 2.03. The molecule has 90 valence electrons. The molecule has 0 saturated heterocycles. The highest BCUT2D eigenvalue weighted by molar-refractivity contribution is 9.10. The lowest BCUT2D eigenvalue weighted by Gasteiger charge is -2.19. The number of nitrogens with zero attached hydrogens (tertiary/aromatic N) is 1. The minimum atomic E-state index is 0.548. The van der Waals surface area contributed by atoms with Crippen LogP contribution in [0.3, 0.4) is 0 Å². The van der Waals surface area contributed by atoms with Gasteiger partial charge in [-0.25, -0.2) is 0 Å². The van der Waals surface area contributed by atoms with Crippen molar-refractivity contribution in [2.45, 2.75) is 38.6 Å². The highest BCUT2D eigenvalue weighted by Gasteiger charge is 2.24. The molecule has 1 aliphatic carbocycles. The zero-order valence-electron chi connectivity index (χ0n) is 10.0. The van der Waals surface area contributed by atoms with Gasteiger partial charge in [-0.15, -0.1) is 0 Å². The van der Waals surface area contributed by atoms with E-state index in [1.54, 1.807) is 0 Å². The standard InChI is InChI=1S/C14H17BrN2/c1-2-12(7-10-3-4-10)17-14-6-5-11(9-16)8-13(14)15/h5-6,8,10,12,17H,2-4,7H2,1H3. The molecule has 0 aromatic heterocycles. The Morgan fingerprint density at radius 3 is 2.82 bits per heavy atom. The zero-order chi connectivity index (χ0) is 12.3. The predicted molar refractivity (Wildman–Crippen MR) is 73.9 cm³/mol. The van der Waals surface area contributed by atoms with Gasteiger partial charge in [0, 0.05) is 16.2 Å². The molecule has 1 aromatic carbocycles. The molecule has 0 amide bonds. The smallest absolute Gasteiger partial charge is 0.0992 e. The van der Waals surface area contributed by atoms with E-state index in [0.717, 1.165) is 22.5 Å². The van der Waals surface area contributed by atoms with Crippen LogP contribution in [-0.2, 0) is 0 Å². The maximum atomic E-state index is 8.82. The summed E-state index contributed by atoms with van der Waals surface area (Å²) in [6.45, 7) is 2.22. The summed E-state index contributed by atoms with van der Waals surface area (Å²) in [4.78, 5) is 0. The molecular formula is C14H17BrN2. The van der Waals surface area contributed by atoms with Crippen molar-refractivity contribution < 1.29 is 0 Å². The van der Waals surface area contributed by atoms with E-state index in [4.69, 9.17) is 5.26 Å². The maximum Gasteiger partial charge on any atom is 0.0992 e. The molecule has 0 heterocycles. The van der Waals surface area contributed by atoms with E-state index in [-0.39, 0.29) is 0 Å². The number of anilines is 1. The summed E-state index contributed by atoms with van der Waals surface area (Å²) in [5, 5.41) is 12.4. The van der Waals surface area contributed by atoms with E-state index < -0.39 is 0 Å². The lowest BCUT2D eigenvalue weighted by Crippen LogP contribution is -2.19. The third-order valence-electron chi connectivity index (χ3n) is 3.27. The second-order valence-electron chi connectivity index (χ2n) is 4.74. The van der Waals surface area contributed by atoms with Gasteiger partial charge in [0.25, 0.3) is 0 Å². The Bertz CT molecular complexity index is 432. The average Bonchev–Trinajstić information content (AvgIpc) is 3.14. The van der Waals surface area contributed by atoms with E-state index >= 15 is 0 Å². The quantitative estimate of drug-likeness (QED) is 0.878. The molecule has 3 heteroatoms. The maximum absolute atomic E-state index is 8.82. The molecule has 0 spiro atoms. The lowest BCUT2D eigenvalue weighted by atomic mass is 10.1. The monoisotopic (exact) mass is 292 g/mol. The molecule has 1 unspecified atom stereocenters. The van der Waals surface area contributed by atoms with Gasteiger partial charge >= 0.3 is 0 Å². The first-order valence-corrected chi connectivity index (χ1v) is 6.98. The number of nitrogens with one attached hydrogen (secondary N) is 1. The summed E-state index contributed by atoms with van der Waals surface area (Å²) in [6.07, 6.45) is 5.20. The molecular weight excluding hydrogens is 276 g/mol. The van der Waals surface area contributed by atoms with E-state index in [1.165, 1.54) is 19.3 Å². The van der Waals surface area contributed by atoms with Crippen LogP contribution in [0, 0.1) is 17.2 Å². The Labute approximate surface area is 111 Å². The lowest BCUT2D eigenvalue weighted by molar-refractivity contribution is 0.587. The SMILES string of the molecule is CCC(CC1CC1)Nc1ccc(C#N)cc1Br. The van der Waals surface area contributed by atoms with Crippen LogP contribution in [-0.4, -0.2) is 6.04 Å². The van der Waals surface area contributed by atoms with E-state index in [1.807, 2.05) is 18.2 Å². The molecule has 2 rings (SSSR count). The van der Waals surface area contributed by atoms with Crippen molar-refractivity contribution >= 4 is 21.6 Å². The van der Waals surface area contributed by atoms with Crippen molar-refractivity contribution in [3.8, 4) is 6.07 Å². The predicted octanol–water partition coefficient (Wildman–Crippen LogP) is 4.31. The number of hydrogen-bond donors (Lipinski definition) is 1. The third-order valence-corrected chi connectivity index (χ3v) is 3.92. The van der Waals surface area contributed by atoms with Gasteiger partial charge < -0.3 is 5.32 Å². The topological polar surface area (TPSA) is 35.8 Å². The second-order valence-corrected chi connectivity index (χ2v) is 5.59. The fraction of sp³-hybridized carbons (Fsp3) is 0.500. The van der Waals surface area contributed by atoms with Crippen molar-refractivity contribution in [3.63, 3.8) is 0 Å². The van der Waals surface area contributed by atoms with Crippen LogP contribution in [0.15, 0.2) is 22.7 Å². The first-order valence-electron chi connectivity index (χ1n) is 6.19. The van der Waals surface area contributed by atoms with Crippen LogP contribution in [0.5, 0.6) is 0 Å². The van der Waals surface area contributed by atoms with Gasteiger partial charge in [0.1, 0.15) is 0 Å². The van der Waals surface area contributed by atoms with Crippen LogP contribution in [0.25, 0.3) is 0 Å². The molecule has 1 fully saturated rings. The summed E-state index contributed by atoms with van der Waals surface area (Å²) >= 11 is 3.51. The normalized spacial score (nSPS) is 16.3. The van der Waals surface area contributed by atoms with Crippen LogP contribution in [0.2, 0.25) is 0 Å². The van der Waals surface area contributed by atoms with Gasteiger partial charge in [-0.1, -0.05) is 19.8 Å². The minimum Gasteiger partial charge on any atom is -0.381 e. The van der Waals surface area contributed by atoms with Crippen molar-refractivity contribution in [1.29, 1.82) is 5.26 Å². The van der Waals surface area contributed by atoms with Crippen LogP contribution >= 0.6 is 15.9 Å². The van der Waals surface area contributed by atoms with Gasteiger partial charge in [-0.2, -0.15) is 5.26 Å². The largest absolute Gasteiger partial charge is 0.381 e. The van der Waals surface area contributed by atoms with Gasteiger partial charge in [-0.3, -0.25) is 0 Å². The molecule has 2 nitrogen and oxygen atoms in total. The molecule has 17 heavy (non-hydrogen) atoms.